The third-order valence-electron chi connectivity index (χ3n) is 7.02. The predicted octanol–water partition coefficient (Wildman–Crippen LogP) is 6.84. The summed E-state index contributed by atoms with van der Waals surface area (Å²) in [5.74, 6) is 2.42. The molecule has 4 aromatic rings. The van der Waals surface area contributed by atoms with Gasteiger partial charge in [0.2, 0.25) is 0 Å². The molecule has 1 N–H and O–H groups in total. The molecular formula is C32H34ClN5O2. The molecule has 2 heterocycles. The van der Waals surface area contributed by atoms with Gasteiger partial charge in [-0.1, -0.05) is 54.1 Å². The highest BCUT2D eigenvalue weighted by Gasteiger charge is 2.24. The first-order valence-corrected chi connectivity index (χ1v) is 14.1. The summed E-state index contributed by atoms with van der Waals surface area (Å²) in [6, 6.07) is 25.4. The Balaban J connectivity index is 1.37. The summed E-state index contributed by atoms with van der Waals surface area (Å²) in [6.07, 6.45) is 1.53. The Labute approximate surface area is 240 Å². The molecule has 1 aliphatic rings. The Morgan fingerprint density at radius 3 is 2.40 bits per heavy atom. The van der Waals surface area contributed by atoms with Crippen LogP contribution in [0.25, 0.3) is 11.4 Å². The van der Waals surface area contributed by atoms with Crippen molar-refractivity contribution in [2.24, 2.45) is 0 Å². The molecule has 0 bridgehead atoms. The highest BCUT2D eigenvalue weighted by Crippen LogP contribution is 2.29. The topological polar surface area (TPSA) is 70.6 Å². The van der Waals surface area contributed by atoms with Gasteiger partial charge in [0, 0.05) is 60.1 Å². The van der Waals surface area contributed by atoms with Crippen molar-refractivity contribution in [3.8, 4) is 17.1 Å². The fourth-order valence-corrected chi connectivity index (χ4v) is 5.03. The average Bonchev–Trinajstić information content (AvgIpc) is 3.23. The highest BCUT2D eigenvalue weighted by molar-refractivity contribution is 6.30. The minimum Gasteiger partial charge on any atom is -0.494 e. The number of ether oxygens (including phenoxy) is 1. The van der Waals surface area contributed by atoms with Crippen molar-refractivity contribution in [1.29, 1.82) is 0 Å². The first kappa shape index (κ1) is 27.5. The quantitative estimate of drug-likeness (QED) is 0.270. The van der Waals surface area contributed by atoms with Crippen LogP contribution in [0.1, 0.15) is 30.2 Å². The monoisotopic (exact) mass is 555 g/mol. The second-order valence-corrected chi connectivity index (χ2v) is 10.3. The van der Waals surface area contributed by atoms with Crippen molar-refractivity contribution in [1.82, 2.24) is 14.9 Å². The average molecular weight is 556 g/mol. The minimum absolute atomic E-state index is 0.101. The van der Waals surface area contributed by atoms with Crippen molar-refractivity contribution in [2.45, 2.75) is 26.7 Å². The van der Waals surface area contributed by atoms with Crippen LogP contribution in [-0.2, 0) is 6.42 Å². The molecule has 1 aromatic heterocycles. The van der Waals surface area contributed by atoms with Crippen LogP contribution in [0.3, 0.4) is 0 Å². The summed E-state index contributed by atoms with van der Waals surface area (Å²) in [7, 11) is 0. The normalized spacial score (nSPS) is 13.6. The van der Waals surface area contributed by atoms with Crippen molar-refractivity contribution >= 4 is 29.1 Å². The molecule has 0 atom stereocenters. The maximum absolute atomic E-state index is 13.1. The third kappa shape index (κ3) is 6.72. The van der Waals surface area contributed by atoms with Crippen LogP contribution in [0.5, 0.6) is 5.75 Å². The van der Waals surface area contributed by atoms with E-state index in [1.165, 1.54) is 0 Å². The molecule has 0 radical (unpaired) electrons. The van der Waals surface area contributed by atoms with Crippen LogP contribution in [0.2, 0.25) is 5.02 Å². The van der Waals surface area contributed by atoms with Gasteiger partial charge in [0.15, 0.2) is 5.82 Å². The molecule has 40 heavy (non-hydrogen) atoms. The number of aryl methyl sites for hydroxylation is 1. The maximum Gasteiger partial charge on any atom is 0.321 e. The Morgan fingerprint density at radius 2 is 1.68 bits per heavy atom. The molecule has 0 saturated carbocycles. The molecule has 5 rings (SSSR count). The number of urea groups is 1. The van der Waals surface area contributed by atoms with E-state index in [0.717, 1.165) is 52.6 Å². The van der Waals surface area contributed by atoms with Gasteiger partial charge >= 0.3 is 6.03 Å². The molecule has 1 fully saturated rings. The predicted molar refractivity (Wildman–Crippen MR) is 161 cm³/mol. The lowest BCUT2D eigenvalue weighted by Gasteiger charge is -2.26. The number of carbonyl (C=O) groups is 1. The van der Waals surface area contributed by atoms with Crippen molar-refractivity contribution in [2.75, 3.05) is 43.0 Å². The molecule has 0 unspecified atom stereocenters. The molecule has 8 heteroatoms. The number of halogens is 1. The summed E-state index contributed by atoms with van der Waals surface area (Å²) in [6.45, 7) is 7.34. The fraction of sp³-hybridized carbons (Fsp3) is 0.281. The zero-order valence-electron chi connectivity index (χ0n) is 22.9. The van der Waals surface area contributed by atoms with Crippen LogP contribution in [0, 0.1) is 6.92 Å². The lowest BCUT2D eigenvalue weighted by Crippen LogP contribution is -2.38. The van der Waals surface area contributed by atoms with Crippen LogP contribution in [0.4, 0.5) is 16.3 Å². The summed E-state index contributed by atoms with van der Waals surface area (Å²) in [4.78, 5) is 27.3. The van der Waals surface area contributed by atoms with E-state index in [9.17, 15) is 4.79 Å². The van der Waals surface area contributed by atoms with E-state index in [1.54, 1.807) is 0 Å². The number of amides is 2. The molecule has 0 aliphatic carbocycles. The number of nitrogens with one attached hydrogen (secondary N) is 1. The van der Waals surface area contributed by atoms with E-state index in [4.69, 9.17) is 26.3 Å². The first-order valence-electron chi connectivity index (χ1n) is 13.7. The minimum atomic E-state index is -0.101. The SMILES string of the molecule is CCOc1ccc(NC(=O)N2CCCN(c3nc(-c4ccccc4)nc(C)c3Cc3ccc(Cl)cc3)CC2)cc1. The van der Waals surface area contributed by atoms with Crippen molar-refractivity contribution in [3.63, 3.8) is 0 Å². The number of aromatic nitrogens is 2. The molecule has 2 amide bonds. The zero-order valence-corrected chi connectivity index (χ0v) is 23.7. The Kier molecular flexibility index (Phi) is 8.81. The number of carbonyl (C=O) groups excluding carboxylic acids is 1. The van der Waals surface area contributed by atoms with Crippen LogP contribution < -0.4 is 15.0 Å². The maximum atomic E-state index is 13.1. The van der Waals surface area contributed by atoms with Crippen LogP contribution in [0.15, 0.2) is 78.9 Å². The van der Waals surface area contributed by atoms with E-state index in [1.807, 2.05) is 90.7 Å². The number of rotatable bonds is 7. The molecule has 0 spiro atoms. The summed E-state index contributed by atoms with van der Waals surface area (Å²) >= 11 is 6.14. The molecule has 1 saturated heterocycles. The molecule has 206 valence electrons. The second kappa shape index (κ2) is 12.8. The first-order chi connectivity index (χ1) is 19.5. The van der Waals surface area contributed by atoms with E-state index in [0.29, 0.717) is 43.5 Å². The third-order valence-corrected chi connectivity index (χ3v) is 7.27. The van der Waals surface area contributed by atoms with Crippen molar-refractivity contribution < 1.29 is 9.53 Å². The Morgan fingerprint density at radius 1 is 0.925 bits per heavy atom. The number of hydrogen-bond donors (Lipinski definition) is 1. The number of nitrogens with zero attached hydrogens (tertiary/aromatic N) is 4. The van der Waals surface area contributed by atoms with Gasteiger partial charge in [0.25, 0.3) is 0 Å². The van der Waals surface area contributed by atoms with Gasteiger partial charge < -0.3 is 19.9 Å². The zero-order chi connectivity index (χ0) is 27.9. The van der Waals surface area contributed by atoms with Gasteiger partial charge in [-0.05, 0) is 62.2 Å². The largest absolute Gasteiger partial charge is 0.494 e. The molecule has 3 aromatic carbocycles. The summed E-state index contributed by atoms with van der Waals surface area (Å²) in [5, 5.41) is 3.74. The van der Waals surface area contributed by atoms with Gasteiger partial charge in [0.1, 0.15) is 11.6 Å². The van der Waals surface area contributed by atoms with Crippen LogP contribution >= 0.6 is 11.6 Å². The lowest BCUT2D eigenvalue weighted by atomic mass is 10.0. The smallest absolute Gasteiger partial charge is 0.321 e. The van der Waals surface area contributed by atoms with Gasteiger partial charge in [-0.2, -0.15) is 0 Å². The van der Waals surface area contributed by atoms with E-state index in [-0.39, 0.29) is 6.03 Å². The summed E-state index contributed by atoms with van der Waals surface area (Å²) < 4.78 is 5.50. The second-order valence-electron chi connectivity index (χ2n) is 9.82. The van der Waals surface area contributed by atoms with E-state index >= 15 is 0 Å². The van der Waals surface area contributed by atoms with Crippen molar-refractivity contribution in [3.05, 3.63) is 101 Å². The number of benzene rings is 3. The fourth-order valence-electron chi connectivity index (χ4n) is 4.91. The van der Waals surface area contributed by atoms with E-state index in [2.05, 4.69) is 17.1 Å². The number of hydrogen-bond acceptors (Lipinski definition) is 5. The molecule has 1 aliphatic heterocycles. The Bertz CT molecular complexity index is 1430. The standard InChI is InChI=1S/C32H34ClN5O2/c1-3-40-28-16-14-27(15-17-28)35-32(39)38-19-7-18-37(20-21-38)31-29(22-24-10-12-26(33)13-11-24)23(2)34-30(36-31)25-8-5-4-6-9-25/h4-6,8-17H,3,7,18-22H2,1-2H3,(H,35,39). The van der Waals surface area contributed by atoms with Gasteiger partial charge in [-0.15, -0.1) is 0 Å². The molecule has 7 nitrogen and oxygen atoms in total. The van der Waals surface area contributed by atoms with E-state index < -0.39 is 0 Å². The van der Waals surface area contributed by atoms with Gasteiger partial charge in [-0.3, -0.25) is 0 Å². The lowest BCUT2D eigenvalue weighted by molar-refractivity contribution is 0.215. The van der Waals surface area contributed by atoms with Gasteiger partial charge in [0.05, 0.1) is 6.61 Å². The summed E-state index contributed by atoms with van der Waals surface area (Å²) in [5.41, 5.74) is 4.92. The van der Waals surface area contributed by atoms with Gasteiger partial charge in [-0.25, -0.2) is 14.8 Å². The highest BCUT2D eigenvalue weighted by atomic mass is 35.5. The van der Waals surface area contributed by atoms with Crippen LogP contribution in [-0.4, -0.2) is 53.7 Å². The number of anilines is 2. The Hall–Kier alpha value is -4.10. The molecular weight excluding hydrogens is 522 g/mol.